The molecule has 0 aliphatic heterocycles. The molecule has 7 nitrogen and oxygen atoms in total. The minimum absolute atomic E-state index is 0.732. The lowest BCUT2D eigenvalue weighted by molar-refractivity contribution is 0.484. The zero-order valence-electron chi connectivity index (χ0n) is 28.9. The molecule has 0 saturated carbocycles. The lowest BCUT2D eigenvalue weighted by Crippen LogP contribution is -2.05. The molecular formula is C47H30N6O. The Morgan fingerprint density at radius 3 is 1.70 bits per heavy atom. The molecule has 0 N–H and O–H groups in total. The van der Waals surface area contributed by atoms with E-state index in [4.69, 9.17) is 14.7 Å². The van der Waals surface area contributed by atoms with Crippen molar-refractivity contribution in [2.24, 2.45) is 0 Å². The number of benzene rings is 6. The third-order valence-corrected chi connectivity index (χ3v) is 10.3. The van der Waals surface area contributed by atoms with Crippen LogP contribution in [0.3, 0.4) is 0 Å². The first-order chi connectivity index (χ1) is 26.8. The van der Waals surface area contributed by atoms with Gasteiger partial charge < -0.3 is 4.74 Å². The second-order valence-electron chi connectivity index (χ2n) is 13.4. The van der Waals surface area contributed by atoms with Crippen LogP contribution in [0.25, 0.3) is 83.2 Å². The predicted molar refractivity (Wildman–Crippen MR) is 217 cm³/mol. The molecule has 0 fully saturated rings. The molecule has 0 aliphatic rings. The summed E-state index contributed by atoms with van der Waals surface area (Å²) in [6.45, 7) is 0. The average molecular weight is 695 g/mol. The van der Waals surface area contributed by atoms with Gasteiger partial charge in [0.2, 0.25) is 5.95 Å². The molecule has 11 aromatic rings. The summed E-state index contributed by atoms with van der Waals surface area (Å²) in [4.78, 5) is 14.3. The van der Waals surface area contributed by atoms with E-state index in [2.05, 4.69) is 152 Å². The Kier molecular flexibility index (Phi) is 6.72. The van der Waals surface area contributed by atoms with Gasteiger partial charge in [0, 0.05) is 63.5 Å². The van der Waals surface area contributed by atoms with Crippen LogP contribution < -0.4 is 4.74 Å². The molecule has 7 heteroatoms. The molecule has 0 saturated heterocycles. The average Bonchev–Trinajstić information content (AvgIpc) is 3.88. The summed E-state index contributed by atoms with van der Waals surface area (Å²) in [6, 6.07) is 56.5. The predicted octanol–water partition coefficient (Wildman–Crippen LogP) is 11.5. The number of rotatable bonds is 6. The number of fused-ring (bicyclic) bond motifs is 7. The van der Waals surface area contributed by atoms with Crippen molar-refractivity contribution in [3.63, 3.8) is 0 Å². The molecule has 0 atom stereocenters. The molecule has 0 unspecified atom stereocenters. The summed E-state index contributed by atoms with van der Waals surface area (Å²) in [6.07, 6.45) is 5.53. The Balaban J connectivity index is 1.06. The standard InChI is InChI=1S/C47H30N6O/c1-2-10-33(11-3-1)51-43-17-9-6-14-40(43)50-47(51)53-42-16-8-5-13-37(42)39-22-20-35(29-45(39)53)54-34-19-21-38-36-12-4-7-15-41(36)52(44(38)28-34)46-23-18-32(30-49-46)31-24-26-48-27-25-31/h1-30H. The monoisotopic (exact) mass is 694 g/mol. The van der Waals surface area contributed by atoms with E-state index >= 15 is 0 Å². The summed E-state index contributed by atoms with van der Waals surface area (Å²) in [5, 5.41) is 4.57. The number of nitrogens with zero attached hydrogens (tertiary/aromatic N) is 6. The second kappa shape index (κ2) is 12.0. The van der Waals surface area contributed by atoms with Gasteiger partial charge in [0.05, 0.1) is 33.1 Å². The van der Waals surface area contributed by atoms with Crippen LogP contribution in [0.4, 0.5) is 0 Å². The maximum atomic E-state index is 6.74. The normalized spacial score (nSPS) is 11.7. The van der Waals surface area contributed by atoms with Gasteiger partial charge in [-0.25, -0.2) is 9.97 Å². The highest BCUT2D eigenvalue weighted by Crippen LogP contribution is 2.39. The quantitative estimate of drug-likeness (QED) is 0.174. The van der Waals surface area contributed by atoms with Gasteiger partial charge in [-0.2, -0.15) is 0 Å². The minimum atomic E-state index is 0.732. The van der Waals surface area contributed by atoms with Crippen molar-refractivity contribution in [2.45, 2.75) is 0 Å². The summed E-state index contributed by atoms with van der Waals surface area (Å²) < 4.78 is 13.4. The van der Waals surface area contributed by atoms with Crippen LogP contribution in [0, 0.1) is 0 Å². The van der Waals surface area contributed by atoms with Gasteiger partial charge in [-0.1, -0.05) is 66.7 Å². The highest BCUT2D eigenvalue weighted by atomic mass is 16.5. The van der Waals surface area contributed by atoms with Crippen LogP contribution in [-0.2, 0) is 0 Å². The molecule has 254 valence electrons. The highest BCUT2D eigenvalue weighted by molar-refractivity contribution is 6.10. The Morgan fingerprint density at radius 1 is 0.426 bits per heavy atom. The largest absolute Gasteiger partial charge is 0.457 e. The van der Waals surface area contributed by atoms with Gasteiger partial charge >= 0.3 is 0 Å². The van der Waals surface area contributed by atoms with E-state index in [9.17, 15) is 0 Å². The van der Waals surface area contributed by atoms with Crippen LogP contribution in [0.15, 0.2) is 182 Å². The number of ether oxygens (including phenoxy) is 1. The Bertz CT molecular complexity index is 3180. The van der Waals surface area contributed by atoms with Crippen LogP contribution >= 0.6 is 0 Å². The van der Waals surface area contributed by atoms with Crippen molar-refractivity contribution >= 4 is 54.6 Å². The summed E-state index contributed by atoms with van der Waals surface area (Å²) in [5.74, 6) is 3.12. The first-order valence-corrected chi connectivity index (χ1v) is 17.9. The molecule has 54 heavy (non-hydrogen) atoms. The zero-order chi connectivity index (χ0) is 35.6. The topological polar surface area (TPSA) is 62.7 Å². The van der Waals surface area contributed by atoms with Gasteiger partial charge in [-0.05, 0) is 90.5 Å². The number of hydrogen-bond donors (Lipinski definition) is 0. The molecule has 11 rings (SSSR count). The maximum absolute atomic E-state index is 6.74. The summed E-state index contributed by atoms with van der Waals surface area (Å²) in [5.41, 5.74) is 9.33. The number of hydrogen-bond acceptors (Lipinski definition) is 4. The lowest BCUT2D eigenvalue weighted by Gasteiger charge is -2.13. The number of aromatic nitrogens is 6. The molecule has 0 bridgehead atoms. The maximum Gasteiger partial charge on any atom is 0.220 e. The van der Waals surface area contributed by atoms with Crippen molar-refractivity contribution in [3.8, 4) is 40.1 Å². The van der Waals surface area contributed by atoms with Gasteiger partial charge in [-0.3, -0.25) is 18.7 Å². The molecule has 5 heterocycles. The Hall–Kier alpha value is -7.51. The summed E-state index contributed by atoms with van der Waals surface area (Å²) in [7, 11) is 0. The number of para-hydroxylation sites is 5. The van der Waals surface area contributed by atoms with Crippen molar-refractivity contribution in [2.75, 3.05) is 0 Å². The molecule has 0 aliphatic carbocycles. The molecule has 6 aromatic carbocycles. The van der Waals surface area contributed by atoms with Crippen molar-refractivity contribution in [3.05, 3.63) is 182 Å². The third-order valence-electron chi connectivity index (χ3n) is 10.3. The van der Waals surface area contributed by atoms with Gasteiger partial charge in [0.25, 0.3) is 0 Å². The minimum Gasteiger partial charge on any atom is -0.457 e. The smallest absolute Gasteiger partial charge is 0.220 e. The number of pyridine rings is 2. The van der Waals surface area contributed by atoms with Crippen LogP contribution in [-0.4, -0.2) is 28.7 Å². The van der Waals surface area contributed by atoms with Crippen molar-refractivity contribution in [1.82, 2.24) is 28.7 Å². The first kappa shape index (κ1) is 30.1. The zero-order valence-corrected chi connectivity index (χ0v) is 28.9. The fraction of sp³-hybridized carbons (Fsp3) is 0. The summed E-state index contributed by atoms with van der Waals surface area (Å²) >= 11 is 0. The van der Waals surface area contributed by atoms with Crippen molar-refractivity contribution < 1.29 is 4.74 Å². The fourth-order valence-corrected chi connectivity index (χ4v) is 7.85. The third kappa shape index (κ3) is 4.72. The van der Waals surface area contributed by atoms with Crippen LogP contribution in [0.2, 0.25) is 0 Å². The van der Waals surface area contributed by atoms with E-state index in [-0.39, 0.29) is 0 Å². The van der Waals surface area contributed by atoms with Crippen LogP contribution in [0.1, 0.15) is 0 Å². The van der Waals surface area contributed by atoms with Gasteiger partial charge in [0.1, 0.15) is 17.3 Å². The molecular weight excluding hydrogens is 665 g/mol. The van der Waals surface area contributed by atoms with Gasteiger partial charge in [-0.15, -0.1) is 0 Å². The highest BCUT2D eigenvalue weighted by Gasteiger charge is 2.21. The van der Waals surface area contributed by atoms with Gasteiger partial charge in [0.15, 0.2) is 0 Å². The fourth-order valence-electron chi connectivity index (χ4n) is 7.85. The lowest BCUT2D eigenvalue weighted by atomic mass is 10.1. The number of imidazole rings is 1. The molecule has 0 amide bonds. The first-order valence-electron chi connectivity index (χ1n) is 17.9. The van der Waals surface area contributed by atoms with E-state index in [1.54, 1.807) is 12.4 Å². The van der Waals surface area contributed by atoms with E-state index in [0.717, 1.165) is 94.7 Å². The van der Waals surface area contributed by atoms with E-state index < -0.39 is 0 Å². The second-order valence-corrected chi connectivity index (χ2v) is 13.4. The molecule has 0 spiro atoms. The van der Waals surface area contributed by atoms with E-state index in [0.29, 0.717) is 0 Å². The van der Waals surface area contributed by atoms with Crippen LogP contribution in [0.5, 0.6) is 11.5 Å². The Morgan fingerprint density at radius 2 is 1.02 bits per heavy atom. The SMILES string of the molecule is c1ccc(-n2c(-n3c4ccccc4c4ccc(Oc5ccc6c7ccccc7n(-c7ccc(-c8ccncc8)cn7)c6c5)cc43)nc3ccccc32)cc1. The Labute approximate surface area is 309 Å². The van der Waals surface area contributed by atoms with E-state index in [1.807, 2.05) is 36.5 Å². The van der Waals surface area contributed by atoms with E-state index in [1.165, 1.54) is 0 Å². The molecule has 0 radical (unpaired) electrons. The molecule has 5 aromatic heterocycles. The van der Waals surface area contributed by atoms with Crippen molar-refractivity contribution in [1.29, 1.82) is 0 Å².